The van der Waals surface area contributed by atoms with Gasteiger partial charge >= 0.3 is 0 Å². The molecular formula is C12H14N2S. The summed E-state index contributed by atoms with van der Waals surface area (Å²) in [7, 11) is 0. The molecule has 1 aromatic carbocycles. The zero-order chi connectivity index (χ0) is 10.4. The fourth-order valence-electron chi connectivity index (χ4n) is 2.35. The van der Waals surface area contributed by atoms with Crippen LogP contribution < -0.4 is 0 Å². The predicted octanol–water partition coefficient (Wildman–Crippen LogP) is 3.73. The number of hydrogen-bond acceptors (Lipinski definition) is 1. The van der Waals surface area contributed by atoms with E-state index in [-0.39, 0.29) is 0 Å². The van der Waals surface area contributed by atoms with Crippen molar-refractivity contribution in [2.45, 2.75) is 32.2 Å². The number of aromatic amines is 1. The Labute approximate surface area is 93.9 Å². The molecule has 2 nitrogen and oxygen atoms in total. The average Bonchev–Trinajstić information content (AvgIpc) is 2.42. The van der Waals surface area contributed by atoms with Crippen LogP contribution in [0.5, 0.6) is 0 Å². The first-order valence-corrected chi connectivity index (χ1v) is 5.88. The minimum atomic E-state index is 0.632. The molecule has 3 heteroatoms. The summed E-state index contributed by atoms with van der Waals surface area (Å²) in [5.74, 6) is 0. The molecule has 1 fully saturated rings. The Morgan fingerprint density at radius 2 is 2.20 bits per heavy atom. The lowest BCUT2D eigenvalue weighted by Crippen LogP contribution is -2.17. The number of rotatable bonds is 1. The van der Waals surface area contributed by atoms with Crippen molar-refractivity contribution in [1.82, 2.24) is 9.55 Å². The van der Waals surface area contributed by atoms with Gasteiger partial charge in [0.1, 0.15) is 0 Å². The lowest BCUT2D eigenvalue weighted by Gasteiger charge is -2.27. The number of nitrogens with zero attached hydrogens (tertiary/aromatic N) is 1. The van der Waals surface area contributed by atoms with Gasteiger partial charge in [0.15, 0.2) is 4.77 Å². The minimum Gasteiger partial charge on any atom is -0.331 e. The van der Waals surface area contributed by atoms with Gasteiger partial charge in [0.25, 0.3) is 0 Å². The second kappa shape index (κ2) is 3.20. The zero-order valence-corrected chi connectivity index (χ0v) is 9.60. The van der Waals surface area contributed by atoms with E-state index in [0.29, 0.717) is 6.04 Å². The number of H-pyrrole nitrogens is 1. The van der Waals surface area contributed by atoms with Crippen LogP contribution in [-0.2, 0) is 0 Å². The third-order valence-corrected chi connectivity index (χ3v) is 3.68. The van der Waals surface area contributed by atoms with Crippen LogP contribution in [0.4, 0.5) is 0 Å². The van der Waals surface area contributed by atoms with Gasteiger partial charge in [-0.2, -0.15) is 0 Å². The smallest absolute Gasteiger partial charge is 0.178 e. The summed E-state index contributed by atoms with van der Waals surface area (Å²) in [6.45, 7) is 2.15. The van der Waals surface area contributed by atoms with E-state index in [2.05, 4.69) is 34.7 Å². The van der Waals surface area contributed by atoms with E-state index in [4.69, 9.17) is 12.2 Å². The highest BCUT2D eigenvalue weighted by atomic mass is 32.1. The topological polar surface area (TPSA) is 20.7 Å². The Morgan fingerprint density at radius 3 is 2.87 bits per heavy atom. The summed E-state index contributed by atoms with van der Waals surface area (Å²) in [5, 5.41) is 0. The average molecular weight is 218 g/mol. The zero-order valence-electron chi connectivity index (χ0n) is 8.79. The first-order valence-electron chi connectivity index (χ1n) is 5.47. The van der Waals surface area contributed by atoms with Gasteiger partial charge in [-0.1, -0.05) is 12.1 Å². The minimum absolute atomic E-state index is 0.632. The Hall–Kier alpha value is -1.09. The molecule has 0 amide bonds. The van der Waals surface area contributed by atoms with Gasteiger partial charge in [0.2, 0.25) is 0 Å². The maximum Gasteiger partial charge on any atom is 0.178 e. The molecule has 1 aliphatic carbocycles. The van der Waals surface area contributed by atoms with Crippen LogP contribution in [0.3, 0.4) is 0 Å². The Kier molecular flexibility index (Phi) is 1.96. The van der Waals surface area contributed by atoms with Crippen molar-refractivity contribution in [1.29, 1.82) is 0 Å². The summed E-state index contributed by atoms with van der Waals surface area (Å²) in [6, 6.07) is 6.97. The molecule has 1 aliphatic rings. The van der Waals surface area contributed by atoms with E-state index >= 15 is 0 Å². The molecule has 78 valence electrons. The molecule has 0 atom stereocenters. The van der Waals surface area contributed by atoms with E-state index in [0.717, 1.165) is 4.77 Å². The van der Waals surface area contributed by atoms with Crippen molar-refractivity contribution in [3.8, 4) is 0 Å². The van der Waals surface area contributed by atoms with E-state index in [1.165, 1.54) is 35.9 Å². The van der Waals surface area contributed by atoms with E-state index in [1.807, 2.05) is 0 Å². The van der Waals surface area contributed by atoms with Crippen molar-refractivity contribution in [2.24, 2.45) is 0 Å². The maximum absolute atomic E-state index is 5.40. The van der Waals surface area contributed by atoms with E-state index in [9.17, 15) is 0 Å². The molecule has 0 bridgehead atoms. The summed E-state index contributed by atoms with van der Waals surface area (Å²) in [6.07, 6.45) is 3.89. The van der Waals surface area contributed by atoms with Crippen LogP contribution >= 0.6 is 12.2 Å². The van der Waals surface area contributed by atoms with Crippen molar-refractivity contribution < 1.29 is 0 Å². The molecule has 0 radical (unpaired) electrons. The number of hydrogen-bond donors (Lipinski definition) is 1. The van der Waals surface area contributed by atoms with Gasteiger partial charge in [-0.3, -0.25) is 0 Å². The van der Waals surface area contributed by atoms with Gasteiger partial charge in [0.05, 0.1) is 11.0 Å². The number of aryl methyl sites for hydroxylation is 1. The van der Waals surface area contributed by atoms with Gasteiger partial charge in [-0.05, 0) is 50.0 Å². The van der Waals surface area contributed by atoms with Crippen molar-refractivity contribution in [2.75, 3.05) is 0 Å². The fourth-order valence-corrected chi connectivity index (χ4v) is 2.70. The molecule has 1 heterocycles. The first kappa shape index (κ1) is 9.16. The summed E-state index contributed by atoms with van der Waals surface area (Å²) in [4.78, 5) is 3.29. The molecule has 0 spiro atoms. The van der Waals surface area contributed by atoms with Crippen LogP contribution in [0.25, 0.3) is 11.0 Å². The quantitative estimate of drug-likeness (QED) is 0.723. The molecule has 1 aromatic heterocycles. The molecule has 2 aromatic rings. The SMILES string of the molecule is Cc1cccc2[nH]c(=S)n(C3CCC3)c12. The van der Waals surface area contributed by atoms with E-state index < -0.39 is 0 Å². The Bertz CT molecular complexity index is 560. The number of fused-ring (bicyclic) bond motifs is 1. The number of imidazole rings is 1. The molecule has 1 saturated carbocycles. The van der Waals surface area contributed by atoms with Gasteiger partial charge < -0.3 is 9.55 Å². The standard InChI is InChI=1S/C12H14N2S/c1-8-4-2-7-10-11(8)14(12(15)13-10)9-5-3-6-9/h2,4,7,9H,3,5-6H2,1H3,(H,13,15). The number of benzene rings is 1. The lowest BCUT2D eigenvalue weighted by atomic mass is 9.92. The third kappa shape index (κ3) is 1.26. The molecule has 1 N–H and O–H groups in total. The van der Waals surface area contributed by atoms with Crippen molar-refractivity contribution in [3.05, 3.63) is 28.5 Å². The normalized spacial score (nSPS) is 16.9. The summed E-state index contributed by atoms with van der Waals surface area (Å²) in [5.41, 5.74) is 3.78. The highest BCUT2D eigenvalue weighted by Crippen LogP contribution is 2.35. The second-order valence-electron chi connectivity index (χ2n) is 4.36. The fraction of sp³-hybridized carbons (Fsp3) is 0.417. The van der Waals surface area contributed by atoms with Crippen LogP contribution in [0.1, 0.15) is 30.9 Å². The molecule has 15 heavy (non-hydrogen) atoms. The van der Waals surface area contributed by atoms with Crippen LogP contribution in [0.2, 0.25) is 0 Å². The molecule has 0 aliphatic heterocycles. The first-order chi connectivity index (χ1) is 7.27. The highest BCUT2D eigenvalue weighted by molar-refractivity contribution is 7.71. The van der Waals surface area contributed by atoms with Crippen molar-refractivity contribution >= 4 is 23.3 Å². The molecule has 3 rings (SSSR count). The lowest BCUT2D eigenvalue weighted by molar-refractivity contribution is 0.317. The monoisotopic (exact) mass is 218 g/mol. The van der Waals surface area contributed by atoms with Gasteiger partial charge in [-0.25, -0.2) is 0 Å². The van der Waals surface area contributed by atoms with Crippen LogP contribution in [0, 0.1) is 11.7 Å². The Balaban J connectivity index is 2.35. The van der Waals surface area contributed by atoms with E-state index in [1.54, 1.807) is 0 Å². The number of para-hydroxylation sites is 1. The second-order valence-corrected chi connectivity index (χ2v) is 4.74. The number of nitrogens with one attached hydrogen (secondary N) is 1. The third-order valence-electron chi connectivity index (χ3n) is 3.38. The molecular weight excluding hydrogens is 204 g/mol. The molecule has 0 saturated heterocycles. The van der Waals surface area contributed by atoms with Gasteiger partial charge in [-0.15, -0.1) is 0 Å². The summed E-state index contributed by atoms with van der Waals surface area (Å²) < 4.78 is 3.19. The highest BCUT2D eigenvalue weighted by Gasteiger charge is 2.22. The van der Waals surface area contributed by atoms with Crippen LogP contribution in [-0.4, -0.2) is 9.55 Å². The van der Waals surface area contributed by atoms with Crippen molar-refractivity contribution in [3.63, 3.8) is 0 Å². The predicted molar refractivity (Wildman–Crippen MR) is 64.7 cm³/mol. The Morgan fingerprint density at radius 1 is 1.40 bits per heavy atom. The van der Waals surface area contributed by atoms with Crippen LogP contribution in [0.15, 0.2) is 18.2 Å². The summed E-state index contributed by atoms with van der Waals surface area (Å²) >= 11 is 5.40. The number of aromatic nitrogens is 2. The maximum atomic E-state index is 5.40. The molecule has 0 unspecified atom stereocenters. The van der Waals surface area contributed by atoms with Gasteiger partial charge in [0, 0.05) is 6.04 Å². The largest absolute Gasteiger partial charge is 0.331 e.